The number of hydrogen-bond donors (Lipinski definition) is 0. The van der Waals surface area contributed by atoms with Gasteiger partial charge in [-0.2, -0.15) is 0 Å². The van der Waals surface area contributed by atoms with E-state index in [0.717, 1.165) is 5.52 Å². The van der Waals surface area contributed by atoms with Crippen molar-refractivity contribution in [2.75, 3.05) is 6.79 Å². The van der Waals surface area contributed by atoms with Crippen LogP contribution in [0, 0.1) is 0 Å². The molecule has 20 heavy (non-hydrogen) atoms. The number of hydrogen-bond acceptors (Lipinski definition) is 4. The molecule has 2 aromatic heterocycles. The zero-order chi connectivity index (χ0) is 13.7. The van der Waals surface area contributed by atoms with Gasteiger partial charge in [0, 0.05) is 19.3 Å². The summed E-state index contributed by atoms with van der Waals surface area (Å²) >= 11 is 0. The summed E-state index contributed by atoms with van der Waals surface area (Å²) < 4.78 is 13.8. The molecule has 0 unspecified atom stereocenters. The van der Waals surface area contributed by atoms with E-state index in [1.165, 1.54) is 0 Å². The summed E-state index contributed by atoms with van der Waals surface area (Å²) in [5.41, 5.74) is 1.98. The van der Waals surface area contributed by atoms with Crippen LogP contribution in [0.4, 0.5) is 0 Å². The van der Waals surface area contributed by atoms with Crippen LogP contribution in [0.25, 0.3) is 16.9 Å². The average molecular weight is 269 g/mol. The molecule has 0 saturated carbocycles. The maximum atomic E-state index is 12.4. The van der Waals surface area contributed by atoms with Crippen molar-refractivity contribution in [1.29, 1.82) is 0 Å². The monoisotopic (exact) mass is 269 g/mol. The van der Waals surface area contributed by atoms with Gasteiger partial charge in [0.25, 0.3) is 0 Å². The summed E-state index contributed by atoms with van der Waals surface area (Å²) in [6.07, 6.45) is 1.67. The van der Waals surface area contributed by atoms with Crippen molar-refractivity contribution in [2.45, 2.75) is 0 Å². The van der Waals surface area contributed by atoms with Crippen LogP contribution in [0.5, 0.6) is 11.5 Å². The van der Waals surface area contributed by atoms with Crippen molar-refractivity contribution in [3.8, 4) is 17.2 Å². The van der Waals surface area contributed by atoms with Gasteiger partial charge in [-0.25, -0.2) is 14.3 Å². The lowest BCUT2D eigenvalue weighted by atomic mass is 10.2. The molecule has 3 heterocycles. The van der Waals surface area contributed by atoms with E-state index in [1.54, 1.807) is 34.5 Å². The third-order valence-corrected chi connectivity index (χ3v) is 3.43. The van der Waals surface area contributed by atoms with E-state index in [2.05, 4.69) is 4.98 Å². The van der Waals surface area contributed by atoms with Gasteiger partial charge in [-0.15, -0.1) is 0 Å². The highest BCUT2D eigenvalue weighted by atomic mass is 16.7. The Morgan fingerprint density at radius 1 is 1.20 bits per heavy atom. The highest BCUT2D eigenvalue weighted by Crippen LogP contribution is 2.33. The fraction of sp³-hybridized carbons (Fsp3) is 0.143. The minimum Gasteiger partial charge on any atom is -0.454 e. The molecule has 0 aliphatic carbocycles. The van der Waals surface area contributed by atoms with Gasteiger partial charge in [0.15, 0.2) is 17.1 Å². The average Bonchev–Trinajstić information content (AvgIpc) is 3.03. The molecule has 1 aliphatic heterocycles. The summed E-state index contributed by atoms with van der Waals surface area (Å²) in [7, 11) is 1.73. The highest BCUT2D eigenvalue weighted by Gasteiger charge is 2.17. The summed E-state index contributed by atoms with van der Waals surface area (Å²) in [6, 6.07) is 9.09. The molecule has 6 nitrogen and oxygen atoms in total. The summed E-state index contributed by atoms with van der Waals surface area (Å²) in [6.45, 7) is 0.210. The predicted molar refractivity (Wildman–Crippen MR) is 72.4 cm³/mol. The van der Waals surface area contributed by atoms with Crippen molar-refractivity contribution in [2.24, 2.45) is 7.05 Å². The number of ether oxygens (including phenoxy) is 2. The lowest BCUT2D eigenvalue weighted by Crippen LogP contribution is -2.20. The minimum absolute atomic E-state index is 0.141. The summed E-state index contributed by atoms with van der Waals surface area (Å²) in [5, 5.41) is 0. The lowest BCUT2D eigenvalue weighted by molar-refractivity contribution is 0.174. The molecular weight excluding hydrogens is 258 g/mol. The largest absolute Gasteiger partial charge is 0.454 e. The highest BCUT2D eigenvalue weighted by molar-refractivity contribution is 5.73. The number of nitrogens with zero attached hydrogens (tertiary/aromatic N) is 3. The van der Waals surface area contributed by atoms with Crippen LogP contribution in [-0.2, 0) is 7.05 Å². The van der Waals surface area contributed by atoms with Crippen molar-refractivity contribution in [1.82, 2.24) is 14.1 Å². The first-order valence-corrected chi connectivity index (χ1v) is 6.18. The second kappa shape index (κ2) is 3.86. The molecule has 3 aromatic rings. The van der Waals surface area contributed by atoms with Crippen molar-refractivity contribution >= 4 is 11.2 Å². The molecule has 0 radical (unpaired) electrons. The third-order valence-electron chi connectivity index (χ3n) is 3.43. The zero-order valence-corrected chi connectivity index (χ0v) is 10.7. The lowest BCUT2D eigenvalue weighted by Gasteiger charge is -2.03. The summed E-state index contributed by atoms with van der Waals surface area (Å²) in [4.78, 5) is 16.7. The summed E-state index contributed by atoms with van der Waals surface area (Å²) in [5.74, 6) is 1.33. The molecule has 0 fully saturated rings. The number of aryl methyl sites for hydroxylation is 1. The number of imidazole rings is 1. The van der Waals surface area contributed by atoms with Gasteiger partial charge in [0.05, 0.1) is 11.2 Å². The fourth-order valence-corrected chi connectivity index (χ4v) is 2.42. The van der Waals surface area contributed by atoms with Crippen LogP contribution in [0.2, 0.25) is 0 Å². The standard InChI is InChI=1S/C14H11N3O3/c1-16-10-3-2-6-15-13(10)17(14(16)18)9-4-5-11-12(7-9)20-8-19-11/h2-7H,8H2,1H3. The second-order valence-electron chi connectivity index (χ2n) is 4.56. The predicted octanol–water partition coefficient (Wildman–Crippen LogP) is 1.45. The molecule has 4 rings (SSSR count). The van der Waals surface area contributed by atoms with Gasteiger partial charge >= 0.3 is 5.69 Å². The molecule has 0 atom stereocenters. The van der Waals surface area contributed by atoms with Crippen molar-refractivity contribution in [3.63, 3.8) is 0 Å². The maximum absolute atomic E-state index is 12.4. The van der Waals surface area contributed by atoms with Gasteiger partial charge in [0.2, 0.25) is 6.79 Å². The van der Waals surface area contributed by atoms with Crippen LogP contribution in [0.1, 0.15) is 0 Å². The quantitative estimate of drug-likeness (QED) is 0.671. The Morgan fingerprint density at radius 2 is 2.05 bits per heavy atom. The number of fused-ring (bicyclic) bond motifs is 2. The smallest absolute Gasteiger partial charge is 0.334 e. The SMILES string of the molecule is Cn1c(=O)n(-c2ccc3c(c2)OCO3)c2ncccc21. The molecule has 0 N–H and O–H groups in total. The molecule has 100 valence electrons. The Kier molecular flexibility index (Phi) is 2.14. The first-order valence-electron chi connectivity index (χ1n) is 6.18. The van der Waals surface area contributed by atoms with Gasteiger partial charge in [-0.05, 0) is 24.3 Å². The van der Waals surface area contributed by atoms with Crippen molar-refractivity contribution < 1.29 is 9.47 Å². The normalized spacial score (nSPS) is 13.1. The van der Waals surface area contributed by atoms with E-state index in [-0.39, 0.29) is 12.5 Å². The van der Waals surface area contributed by atoms with E-state index in [0.29, 0.717) is 22.8 Å². The molecule has 0 spiro atoms. The molecule has 0 bridgehead atoms. The van der Waals surface area contributed by atoms with Crippen LogP contribution in [0.15, 0.2) is 41.3 Å². The maximum Gasteiger partial charge on any atom is 0.334 e. The van der Waals surface area contributed by atoms with Crippen LogP contribution >= 0.6 is 0 Å². The van der Waals surface area contributed by atoms with E-state index in [4.69, 9.17) is 9.47 Å². The Bertz CT molecular complexity index is 879. The van der Waals surface area contributed by atoms with Gasteiger partial charge < -0.3 is 9.47 Å². The van der Waals surface area contributed by atoms with Gasteiger partial charge in [-0.1, -0.05) is 0 Å². The van der Waals surface area contributed by atoms with Crippen LogP contribution in [0.3, 0.4) is 0 Å². The van der Waals surface area contributed by atoms with Gasteiger partial charge in [0.1, 0.15) is 0 Å². The van der Waals surface area contributed by atoms with E-state index >= 15 is 0 Å². The Hall–Kier alpha value is -2.76. The zero-order valence-electron chi connectivity index (χ0n) is 10.7. The molecule has 0 saturated heterocycles. The number of pyridine rings is 1. The van der Waals surface area contributed by atoms with E-state index in [9.17, 15) is 4.79 Å². The third kappa shape index (κ3) is 1.38. The molecular formula is C14H11N3O3. The second-order valence-corrected chi connectivity index (χ2v) is 4.56. The Balaban J connectivity index is 2.03. The Morgan fingerprint density at radius 3 is 2.95 bits per heavy atom. The van der Waals surface area contributed by atoms with E-state index < -0.39 is 0 Å². The molecule has 1 aliphatic rings. The molecule has 6 heteroatoms. The first kappa shape index (κ1) is 11.1. The molecule has 0 amide bonds. The first-order chi connectivity index (χ1) is 9.75. The Labute approximate surface area is 113 Å². The van der Waals surface area contributed by atoms with Gasteiger partial charge in [-0.3, -0.25) is 4.57 Å². The van der Waals surface area contributed by atoms with Crippen molar-refractivity contribution in [3.05, 3.63) is 47.0 Å². The number of benzene rings is 1. The van der Waals surface area contributed by atoms with E-state index in [1.807, 2.05) is 18.2 Å². The van der Waals surface area contributed by atoms with Crippen LogP contribution in [-0.4, -0.2) is 20.9 Å². The van der Waals surface area contributed by atoms with Crippen LogP contribution < -0.4 is 15.2 Å². The number of rotatable bonds is 1. The fourth-order valence-electron chi connectivity index (χ4n) is 2.42. The molecule has 1 aromatic carbocycles. The topological polar surface area (TPSA) is 58.3 Å². The minimum atomic E-state index is -0.141. The number of aromatic nitrogens is 3.